The van der Waals surface area contributed by atoms with Gasteiger partial charge in [-0.2, -0.15) is 0 Å². The van der Waals surface area contributed by atoms with Crippen molar-refractivity contribution in [2.45, 2.75) is 6.92 Å². The van der Waals surface area contributed by atoms with Crippen LogP contribution < -0.4 is 15.8 Å². The molecule has 0 spiro atoms. The van der Waals surface area contributed by atoms with Crippen LogP contribution in [0.15, 0.2) is 36.4 Å². The maximum atomic E-state index is 13.4. The highest BCUT2D eigenvalue weighted by Gasteiger charge is 2.05. The predicted molar refractivity (Wildman–Crippen MR) is 88.7 cm³/mol. The van der Waals surface area contributed by atoms with E-state index in [1.807, 2.05) is 53.8 Å². The summed E-state index contributed by atoms with van der Waals surface area (Å²) in [5.41, 5.74) is 8.11. The van der Waals surface area contributed by atoms with E-state index in [0.717, 1.165) is 11.3 Å². The Bertz CT molecular complexity index is 604. The Morgan fingerprint density at radius 1 is 1.30 bits per heavy atom. The summed E-state index contributed by atoms with van der Waals surface area (Å²) in [6, 6.07) is 10.9. The van der Waals surface area contributed by atoms with Gasteiger partial charge in [-0.3, -0.25) is 0 Å². The first-order valence-electron chi connectivity index (χ1n) is 6.24. The van der Waals surface area contributed by atoms with Crippen molar-refractivity contribution in [2.75, 3.05) is 24.2 Å². The third-order valence-corrected chi connectivity index (χ3v) is 3.59. The van der Waals surface area contributed by atoms with Crippen LogP contribution in [0.3, 0.4) is 0 Å². The van der Waals surface area contributed by atoms with Gasteiger partial charge in [0.2, 0.25) is 0 Å². The van der Waals surface area contributed by atoms with Crippen LogP contribution in [0.5, 0.6) is 5.75 Å². The number of nitrogens with two attached hydrogens (primary N) is 1. The largest absolute Gasteiger partial charge is 0.492 e. The summed E-state index contributed by atoms with van der Waals surface area (Å²) in [4.78, 5) is 0. The van der Waals surface area contributed by atoms with Gasteiger partial charge in [0, 0.05) is 12.6 Å². The fourth-order valence-corrected chi connectivity index (χ4v) is 2.27. The second kappa shape index (κ2) is 6.78. The van der Waals surface area contributed by atoms with Crippen molar-refractivity contribution < 1.29 is 9.13 Å². The van der Waals surface area contributed by atoms with Gasteiger partial charge in [0.1, 0.15) is 18.2 Å². The molecule has 3 N–H and O–H groups in total. The van der Waals surface area contributed by atoms with Crippen LogP contribution in [0.25, 0.3) is 0 Å². The van der Waals surface area contributed by atoms with Gasteiger partial charge in [0.15, 0.2) is 0 Å². The molecule has 0 saturated heterocycles. The standard InChI is InChI=1S/C15H16FIN2O/c1-10-3-2-4-11(7-10)20-6-5-19-15-8-12(16)13(17)9-14(15)18/h2-4,7-9,19H,5-6,18H2,1H3. The zero-order chi connectivity index (χ0) is 14.5. The van der Waals surface area contributed by atoms with Crippen molar-refractivity contribution >= 4 is 34.0 Å². The summed E-state index contributed by atoms with van der Waals surface area (Å²) in [6.45, 7) is 3.05. The summed E-state index contributed by atoms with van der Waals surface area (Å²) in [7, 11) is 0. The average molecular weight is 386 g/mol. The first-order valence-corrected chi connectivity index (χ1v) is 7.32. The molecule has 0 heterocycles. The van der Waals surface area contributed by atoms with E-state index in [2.05, 4.69) is 5.32 Å². The molecular formula is C15H16FIN2O. The van der Waals surface area contributed by atoms with Crippen molar-refractivity contribution in [3.05, 3.63) is 51.3 Å². The predicted octanol–water partition coefficient (Wildman–Crippen LogP) is 3.81. The molecule has 0 unspecified atom stereocenters. The molecule has 0 bridgehead atoms. The summed E-state index contributed by atoms with van der Waals surface area (Å²) >= 11 is 1.91. The lowest BCUT2D eigenvalue weighted by Gasteiger charge is -2.11. The van der Waals surface area contributed by atoms with Crippen molar-refractivity contribution in [1.82, 2.24) is 0 Å². The Hall–Kier alpha value is -1.50. The van der Waals surface area contributed by atoms with Gasteiger partial charge >= 0.3 is 0 Å². The van der Waals surface area contributed by atoms with Crippen LogP contribution in [-0.2, 0) is 0 Å². The van der Waals surface area contributed by atoms with Gasteiger partial charge in [-0.05, 0) is 53.3 Å². The number of halogens is 2. The summed E-state index contributed by atoms with van der Waals surface area (Å²) in [5.74, 6) is 0.551. The second-order valence-electron chi connectivity index (χ2n) is 4.45. The molecule has 0 aliphatic rings. The van der Waals surface area contributed by atoms with Gasteiger partial charge in [-0.15, -0.1) is 0 Å². The second-order valence-corrected chi connectivity index (χ2v) is 5.61. The molecule has 0 atom stereocenters. The molecule has 0 radical (unpaired) electrons. The Morgan fingerprint density at radius 2 is 2.10 bits per heavy atom. The molecule has 2 aromatic rings. The zero-order valence-corrected chi connectivity index (χ0v) is 13.3. The topological polar surface area (TPSA) is 47.3 Å². The van der Waals surface area contributed by atoms with E-state index in [-0.39, 0.29) is 5.82 Å². The Kier molecular flexibility index (Phi) is 5.05. The normalized spacial score (nSPS) is 10.3. The Morgan fingerprint density at radius 3 is 2.85 bits per heavy atom. The molecule has 0 saturated carbocycles. The fourth-order valence-electron chi connectivity index (χ4n) is 1.78. The lowest BCUT2D eigenvalue weighted by molar-refractivity contribution is 0.332. The van der Waals surface area contributed by atoms with Crippen molar-refractivity contribution in [2.24, 2.45) is 0 Å². The van der Waals surface area contributed by atoms with Crippen LogP contribution in [0.4, 0.5) is 15.8 Å². The molecule has 106 valence electrons. The maximum absolute atomic E-state index is 13.4. The minimum atomic E-state index is -0.276. The quantitative estimate of drug-likeness (QED) is 0.467. The zero-order valence-electron chi connectivity index (χ0n) is 11.1. The number of aryl methyl sites for hydroxylation is 1. The van der Waals surface area contributed by atoms with Crippen LogP contribution in [-0.4, -0.2) is 13.2 Å². The Labute approximate surface area is 131 Å². The SMILES string of the molecule is Cc1cccc(OCCNc2cc(F)c(I)cc2N)c1. The van der Waals surface area contributed by atoms with Crippen LogP contribution in [0.2, 0.25) is 0 Å². The van der Waals surface area contributed by atoms with Crippen molar-refractivity contribution in [3.8, 4) is 5.75 Å². The molecule has 3 nitrogen and oxygen atoms in total. The summed E-state index contributed by atoms with van der Waals surface area (Å²) in [6.07, 6.45) is 0. The average Bonchev–Trinajstić information content (AvgIpc) is 2.40. The van der Waals surface area contributed by atoms with Crippen LogP contribution in [0, 0.1) is 16.3 Å². The van der Waals surface area contributed by atoms with Gasteiger partial charge in [0.25, 0.3) is 0 Å². The fraction of sp³-hybridized carbons (Fsp3) is 0.200. The van der Waals surface area contributed by atoms with Crippen LogP contribution >= 0.6 is 22.6 Å². The monoisotopic (exact) mass is 386 g/mol. The van der Waals surface area contributed by atoms with Crippen LogP contribution in [0.1, 0.15) is 5.56 Å². The highest BCUT2D eigenvalue weighted by molar-refractivity contribution is 14.1. The minimum absolute atomic E-state index is 0.276. The van der Waals surface area contributed by atoms with E-state index in [1.165, 1.54) is 6.07 Å². The molecule has 20 heavy (non-hydrogen) atoms. The molecule has 0 aromatic heterocycles. The molecule has 2 rings (SSSR count). The smallest absolute Gasteiger partial charge is 0.138 e. The third-order valence-electron chi connectivity index (χ3n) is 2.77. The maximum Gasteiger partial charge on any atom is 0.138 e. The third kappa shape index (κ3) is 4.00. The number of anilines is 2. The van der Waals surface area contributed by atoms with Gasteiger partial charge in [-0.25, -0.2) is 4.39 Å². The van der Waals surface area contributed by atoms with E-state index in [4.69, 9.17) is 10.5 Å². The molecule has 0 amide bonds. The minimum Gasteiger partial charge on any atom is -0.492 e. The van der Waals surface area contributed by atoms with Crippen molar-refractivity contribution in [1.29, 1.82) is 0 Å². The molecule has 0 aliphatic carbocycles. The van der Waals surface area contributed by atoms with E-state index in [9.17, 15) is 4.39 Å². The number of benzene rings is 2. The lowest BCUT2D eigenvalue weighted by Crippen LogP contribution is -2.13. The number of ether oxygens (including phenoxy) is 1. The number of nitrogen functional groups attached to an aromatic ring is 1. The number of hydrogen-bond acceptors (Lipinski definition) is 3. The van der Waals surface area contributed by atoms with E-state index in [0.29, 0.717) is 28.1 Å². The highest BCUT2D eigenvalue weighted by atomic mass is 127. The molecule has 2 aromatic carbocycles. The summed E-state index contributed by atoms with van der Waals surface area (Å²) in [5, 5.41) is 3.07. The van der Waals surface area contributed by atoms with E-state index < -0.39 is 0 Å². The number of nitrogens with one attached hydrogen (secondary N) is 1. The highest BCUT2D eigenvalue weighted by Crippen LogP contribution is 2.23. The van der Waals surface area contributed by atoms with E-state index in [1.54, 1.807) is 6.07 Å². The summed E-state index contributed by atoms with van der Waals surface area (Å²) < 4.78 is 19.6. The first-order chi connectivity index (χ1) is 9.56. The lowest BCUT2D eigenvalue weighted by atomic mass is 10.2. The molecule has 0 aliphatic heterocycles. The first kappa shape index (κ1) is 14.9. The Balaban J connectivity index is 1.86. The number of rotatable bonds is 5. The molecule has 0 fully saturated rings. The van der Waals surface area contributed by atoms with E-state index >= 15 is 0 Å². The van der Waals surface area contributed by atoms with Gasteiger partial charge in [-0.1, -0.05) is 12.1 Å². The number of hydrogen-bond donors (Lipinski definition) is 2. The van der Waals surface area contributed by atoms with Crippen molar-refractivity contribution in [3.63, 3.8) is 0 Å². The van der Waals surface area contributed by atoms with Gasteiger partial charge in [0.05, 0.1) is 14.9 Å². The van der Waals surface area contributed by atoms with Gasteiger partial charge < -0.3 is 15.8 Å². The molecular weight excluding hydrogens is 370 g/mol. The molecule has 5 heteroatoms.